The molecule has 0 aliphatic rings. The van der Waals surface area contributed by atoms with E-state index < -0.39 is 8.07 Å². The fourth-order valence-corrected chi connectivity index (χ4v) is 20.3. The molecule has 0 bridgehead atoms. The van der Waals surface area contributed by atoms with Crippen molar-refractivity contribution in [3.8, 4) is 41.8 Å². The second kappa shape index (κ2) is 18.2. The van der Waals surface area contributed by atoms with Crippen LogP contribution >= 0.6 is 56.7 Å². The molecule has 0 amide bonds. The monoisotopic (exact) mass is 832 g/mol. The van der Waals surface area contributed by atoms with Crippen LogP contribution in [0.5, 0.6) is 0 Å². The van der Waals surface area contributed by atoms with Crippen LogP contribution in [0.3, 0.4) is 0 Å². The van der Waals surface area contributed by atoms with E-state index in [-0.39, 0.29) is 0 Å². The first-order chi connectivity index (χ1) is 26.7. The Labute approximate surface area is 352 Å². The maximum Gasteiger partial charge on any atom is 0.181 e. The number of hydrogen-bond acceptors (Lipinski definition) is 5. The van der Waals surface area contributed by atoms with Crippen molar-refractivity contribution in [3.63, 3.8) is 0 Å². The second-order valence-corrected chi connectivity index (χ2v) is 26.0. The van der Waals surface area contributed by atoms with E-state index in [0.717, 1.165) is 0 Å². The zero-order valence-electron chi connectivity index (χ0n) is 33.8. The third kappa shape index (κ3) is 8.85. The molecule has 0 aliphatic heterocycles. The molecule has 0 saturated heterocycles. The Hall–Kier alpha value is -2.84. The lowest BCUT2D eigenvalue weighted by Crippen LogP contribution is -2.61. The van der Waals surface area contributed by atoms with Gasteiger partial charge >= 0.3 is 0 Å². The number of rotatable bonds is 17. The molecule has 0 saturated carbocycles. The molecule has 0 nitrogen and oxygen atoms in total. The first-order valence-corrected chi connectivity index (χ1v) is 27.0. The summed E-state index contributed by atoms with van der Waals surface area (Å²) in [5.41, 5.74) is 11.0. The minimum Gasteiger partial charge on any atom is -0.153 e. The largest absolute Gasteiger partial charge is 0.181 e. The van der Waals surface area contributed by atoms with Gasteiger partial charge in [-0.1, -0.05) is 83.2 Å². The summed E-state index contributed by atoms with van der Waals surface area (Å²) in [6, 6.07) is 33.6. The SMILES string of the molecule is CCCCCCc1ccc(-c2cc(C)c(-c3ccc([Si](C)(c4cccs4)c4ccc(-c5cc(C)c(-c6ccc(CCCCCC)s6)cc5C)s4)s3)cc2C)s1. The van der Waals surface area contributed by atoms with Crippen LogP contribution in [0.15, 0.2) is 90.3 Å². The van der Waals surface area contributed by atoms with Gasteiger partial charge in [-0.05, 0) is 164 Å². The molecule has 0 N–H and O–H groups in total. The summed E-state index contributed by atoms with van der Waals surface area (Å²) in [5.74, 6) is 0. The van der Waals surface area contributed by atoms with Crippen molar-refractivity contribution in [2.75, 3.05) is 0 Å². The van der Waals surface area contributed by atoms with Crippen molar-refractivity contribution in [2.45, 2.75) is 112 Å². The van der Waals surface area contributed by atoms with Crippen molar-refractivity contribution in [1.82, 2.24) is 0 Å². The molecule has 5 heterocycles. The van der Waals surface area contributed by atoms with Crippen molar-refractivity contribution < 1.29 is 0 Å². The Balaban J connectivity index is 1.15. The zero-order chi connectivity index (χ0) is 38.5. The number of benzene rings is 2. The van der Waals surface area contributed by atoms with Gasteiger partial charge in [-0.2, -0.15) is 11.3 Å². The normalized spacial score (nSPS) is 11.9. The summed E-state index contributed by atoms with van der Waals surface area (Å²) in [6.45, 7) is 16.4. The Bertz CT molecular complexity index is 2180. The predicted octanol–water partition coefficient (Wildman–Crippen LogP) is 15.2. The molecular weight excluding hydrogens is 777 g/mol. The lowest BCUT2D eigenvalue weighted by molar-refractivity contribution is 0.670. The molecule has 0 radical (unpaired) electrons. The fraction of sp³-hybridized carbons (Fsp3) is 0.347. The maximum atomic E-state index is 2.58. The average Bonchev–Trinajstić information content (AvgIpc) is 4.04. The van der Waals surface area contributed by atoms with Crippen molar-refractivity contribution in [2.24, 2.45) is 0 Å². The van der Waals surface area contributed by atoms with Gasteiger partial charge in [0.25, 0.3) is 0 Å². The van der Waals surface area contributed by atoms with Gasteiger partial charge in [-0.3, -0.25) is 0 Å². The molecule has 0 unspecified atom stereocenters. The molecule has 7 rings (SSSR count). The molecular formula is C49H56S5Si. The van der Waals surface area contributed by atoms with Gasteiger partial charge in [0, 0.05) is 42.8 Å². The van der Waals surface area contributed by atoms with Gasteiger partial charge < -0.3 is 0 Å². The molecule has 2 aromatic carbocycles. The lowest BCUT2D eigenvalue weighted by atomic mass is 9.98. The summed E-state index contributed by atoms with van der Waals surface area (Å²) < 4.78 is 4.61. The van der Waals surface area contributed by atoms with E-state index in [1.165, 1.54) is 151 Å². The number of thiophene rings is 5. The molecule has 286 valence electrons. The van der Waals surface area contributed by atoms with E-state index in [9.17, 15) is 0 Å². The van der Waals surface area contributed by atoms with Gasteiger partial charge in [-0.15, -0.1) is 45.3 Å². The van der Waals surface area contributed by atoms with Crippen LogP contribution in [0.2, 0.25) is 6.55 Å². The minimum absolute atomic E-state index is 1.21. The fourth-order valence-electron chi connectivity index (χ4n) is 7.89. The topological polar surface area (TPSA) is 0 Å². The maximum absolute atomic E-state index is 2.58. The van der Waals surface area contributed by atoms with Crippen LogP contribution in [-0.2, 0) is 12.8 Å². The Morgan fingerprint density at radius 2 is 0.836 bits per heavy atom. The summed E-state index contributed by atoms with van der Waals surface area (Å²) >= 11 is 9.96. The molecule has 55 heavy (non-hydrogen) atoms. The third-order valence-electron chi connectivity index (χ3n) is 11.3. The lowest BCUT2D eigenvalue weighted by Gasteiger charge is -2.24. The number of hydrogen-bond donors (Lipinski definition) is 0. The van der Waals surface area contributed by atoms with Crippen LogP contribution in [0, 0.1) is 27.7 Å². The van der Waals surface area contributed by atoms with Crippen LogP contribution in [0.25, 0.3) is 41.8 Å². The van der Waals surface area contributed by atoms with E-state index in [0.29, 0.717) is 0 Å². The predicted molar refractivity (Wildman–Crippen MR) is 256 cm³/mol. The molecule has 6 heteroatoms. The van der Waals surface area contributed by atoms with Crippen LogP contribution in [-0.4, -0.2) is 8.07 Å². The van der Waals surface area contributed by atoms with Crippen molar-refractivity contribution in [3.05, 3.63) is 122 Å². The van der Waals surface area contributed by atoms with Crippen LogP contribution < -0.4 is 13.5 Å². The Morgan fingerprint density at radius 1 is 0.436 bits per heavy atom. The van der Waals surface area contributed by atoms with Crippen molar-refractivity contribution in [1.29, 1.82) is 0 Å². The standard InChI is InChI=1S/C49H56S5Si/c1-8-10-12-14-17-37-20-22-43(51-37)39-29-35(5)41(31-33(39)3)45-24-26-48(53-45)55(7,47-19-16-28-50-47)49-27-25-46(54-49)42-32-34(4)40(30-36(42)6)44-23-21-38(52-44)18-15-13-11-9-2/h16,19-32H,8-15,17-18H2,1-7H3. The molecule has 0 aliphatic carbocycles. The summed E-state index contributed by atoms with van der Waals surface area (Å²) in [7, 11) is -2.21. The molecule has 0 atom stereocenters. The first kappa shape index (κ1) is 40.4. The quantitative estimate of drug-likeness (QED) is 0.0633. The summed E-state index contributed by atoms with van der Waals surface area (Å²) in [5, 5.41) is 2.27. The second-order valence-electron chi connectivity index (χ2n) is 15.5. The highest BCUT2D eigenvalue weighted by atomic mass is 32.1. The van der Waals surface area contributed by atoms with Crippen LogP contribution in [0.1, 0.15) is 97.2 Å². The molecule has 0 spiro atoms. The highest BCUT2D eigenvalue weighted by molar-refractivity contribution is 7.46. The van der Waals surface area contributed by atoms with Crippen LogP contribution in [0.4, 0.5) is 0 Å². The number of unbranched alkanes of at least 4 members (excludes halogenated alkanes) is 6. The highest BCUT2D eigenvalue weighted by Crippen LogP contribution is 2.39. The van der Waals surface area contributed by atoms with Gasteiger partial charge in [-0.25, -0.2) is 0 Å². The van der Waals surface area contributed by atoms with E-state index in [1.807, 2.05) is 56.7 Å². The van der Waals surface area contributed by atoms with Gasteiger partial charge in [0.2, 0.25) is 0 Å². The third-order valence-corrected chi connectivity index (χ3v) is 24.3. The minimum atomic E-state index is -2.21. The van der Waals surface area contributed by atoms with E-state index in [1.54, 1.807) is 0 Å². The van der Waals surface area contributed by atoms with Gasteiger partial charge in [0.15, 0.2) is 8.07 Å². The summed E-state index contributed by atoms with van der Waals surface area (Å²) in [6.07, 6.45) is 13.0. The number of aryl methyl sites for hydroxylation is 6. The highest BCUT2D eigenvalue weighted by Gasteiger charge is 2.38. The molecule has 5 aromatic heterocycles. The van der Waals surface area contributed by atoms with Crippen molar-refractivity contribution >= 4 is 78.3 Å². The molecule has 7 aromatic rings. The van der Waals surface area contributed by atoms with Gasteiger partial charge in [0.05, 0.1) is 0 Å². The first-order valence-electron chi connectivity index (χ1n) is 20.4. The van der Waals surface area contributed by atoms with Gasteiger partial charge in [0.1, 0.15) is 0 Å². The van der Waals surface area contributed by atoms with E-state index in [4.69, 9.17) is 0 Å². The average molecular weight is 833 g/mol. The summed E-state index contributed by atoms with van der Waals surface area (Å²) in [4.78, 5) is 8.63. The van der Waals surface area contributed by atoms with E-state index in [2.05, 4.69) is 138 Å². The smallest absolute Gasteiger partial charge is 0.153 e. The Kier molecular flexibility index (Phi) is 13.3. The molecule has 0 fully saturated rings. The zero-order valence-corrected chi connectivity index (χ0v) is 38.9. The Morgan fingerprint density at radius 3 is 1.22 bits per heavy atom. The van der Waals surface area contributed by atoms with E-state index >= 15 is 0 Å².